The van der Waals surface area contributed by atoms with Gasteiger partial charge in [0.1, 0.15) is 40.5 Å². The molecule has 0 aliphatic carbocycles. The summed E-state index contributed by atoms with van der Waals surface area (Å²) < 4.78 is 37.3. The molecular formula is C47H44N6O9. The van der Waals surface area contributed by atoms with E-state index in [9.17, 15) is 14.7 Å². The number of amides is 2. The van der Waals surface area contributed by atoms with Gasteiger partial charge in [0, 0.05) is 6.42 Å². The molecule has 3 N–H and O–H groups in total. The lowest BCUT2D eigenvalue weighted by atomic mass is 9.80. The van der Waals surface area contributed by atoms with Crippen molar-refractivity contribution >= 4 is 34.6 Å². The van der Waals surface area contributed by atoms with Crippen LogP contribution in [-0.2, 0) is 24.7 Å². The lowest BCUT2D eigenvalue weighted by molar-refractivity contribution is -0.118. The molecule has 0 unspecified atom stereocenters. The standard InChI is InChI=1S/C47H44N6O9/c1-57-34-22-18-32(19-23-34)47(31-12-6-3-7-13-31,33-20-24-35(58-2)25-21-33)61-28-40-39(54)26-43(62-40)53-45-38(27-48-53)44(49-41(55)29-59-36-14-8-4-9-15-36)51-46(52-45)50-42(56)30-60-37-16-10-5-11-17-37/h3-25,27,39-40,43,54H,26,28-30H2,1-2H3,(H2,49,50,51,52,55,56)/t39-,40+,43-/m0/s1. The Morgan fingerprint density at radius 1 is 0.694 bits per heavy atom. The molecule has 1 aliphatic rings. The molecule has 7 aromatic rings. The van der Waals surface area contributed by atoms with Crippen molar-refractivity contribution in [2.45, 2.75) is 30.5 Å². The van der Waals surface area contributed by atoms with Crippen LogP contribution < -0.4 is 29.6 Å². The SMILES string of the molecule is COc1ccc(C(OC[C@H]2O[C@H](n3ncc4c(NC(=O)COc5ccccc5)nc(NC(=O)COc5ccccc5)nc43)C[C@@H]2O)(c2ccccc2)c2ccc(OC)cc2)cc1. The number of fused-ring (bicyclic) bond motifs is 1. The van der Waals surface area contributed by atoms with Crippen LogP contribution in [0.1, 0.15) is 29.3 Å². The van der Waals surface area contributed by atoms with E-state index in [2.05, 4.69) is 25.7 Å². The predicted molar refractivity (Wildman–Crippen MR) is 229 cm³/mol. The molecule has 1 fully saturated rings. The van der Waals surface area contributed by atoms with Gasteiger partial charge in [-0.05, 0) is 65.2 Å². The molecule has 15 nitrogen and oxygen atoms in total. The number of methoxy groups -OCH3 is 2. The van der Waals surface area contributed by atoms with Gasteiger partial charge in [0.05, 0.1) is 38.5 Å². The summed E-state index contributed by atoms with van der Waals surface area (Å²) in [6.07, 6.45) is -1.01. The summed E-state index contributed by atoms with van der Waals surface area (Å²) in [5.74, 6) is 1.30. The van der Waals surface area contributed by atoms with Crippen LogP contribution in [0.5, 0.6) is 23.0 Å². The van der Waals surface area contributed by atoms with E-state index in [0.29, 0.717) is 28.4 Å². The molecule has 0 radical (unpaired) electrons. The van der Waals surface area contributed by atoms with Gasteiger partial charge in [-0.1, -0.05) is 91.0 Å². The predicted octanol–water partition coefficient (Wildman–Crippen LogP) is 6.54. The number of nitrogens with one attached hydrogen (secondary N) is 2. The first-order valence-electron chi connectivity index (χ1n) is 19.9. The molecule has 2 amide bonds. The molecule has 0 saturated carbocycles. The van der Waals surface area contributed by atoms with Crippen molar-refractivity contribution in [1.82, 2.24) is 19.7 Å². The van der Waals surface area contributed by atoms with Crippen molar-refractivity contribution < 1.29 is 43.1 Å². The van der Waals surface area contributed by atoms with E-state index >= 15 is 0 Å². The Hall–Kier alpha value is -7.33. The zero-order valence-corrected chi connectivity index (χ0v) is 33.9. The average Bonchev–Trinajstić information content (AvgIpc) is 3.92. The number of carbonyl (C=O) groups is 2. The maximum Gasteiger partial charge on any atom is 0.264 e. The minimum absolute atomic E-state index is 0.0375. The topological polar surface area (TPSA) is 177 Å². The highest BCUT2D eigenvalue weighted by Crippen LogP contribution is 2.43. The maximum atomic E-state index is 13.2. The third-order valence-corrected chi connectivity index (χ3v) is 10.3. The van der Waals surface area contributed by atoms with Crippen LogP contribution in [0, 0.1) is 0 Å². The molecule has 15 heteroatoms. The molecule has 3 atom stereocenters. The van der Waals surface area contributed by atoms with Gasteiger partial charge in [-0.3, -0.25) is 14.9 Å². The Labute approximate surface area is 357 Å². The third-order valence-electron chi connectivity index (χ3n) is 10.3. The second-order valence-electron chi connectivity index (χ2n) is 14.3. The Bertz CT molecular complexity index is 2530. The highest BCUT2D eigenvalue weighted by Gasteiger charge is 2.42. The van der Waals surface area contributed by atoms with Gasteiger partial charge in [-0.25, -0.2) is 4.68 Å². The normalized spacial score (nSPS) is 16.1. The number of carbonyl (C=O) groups excluding carboxylic acids is 2. The number of para-hydroxylation sites is 2. The molecule has 3 heterocycles. The van der Waals surface area contributed by atoms with Crippen molar-refractivity contribution in [3.8, 4) is 23.0 Å². The number of ether oxygens (including phenoxy) is 6. The second-order valence-corrected chi connectivity index (χ2v) is 14.3. The largest absolute Gasteiger partial charge is 0.497 e. The number of rotatable bonds is 17. The fourth-order valence-electron chi connectivity index (χ4n) is 7.24. The fraction of sp³-hybridized carbons (Fsp3) is 0.213. The molecule has 8 rings (SSSR count). The summed E-state index contributed by atoms with van der Waals surface area (Å²) >= 11 is 0. The monoisotopic (exact) mass is 836 g/mol. The van der Waals surface area contributed by atoms with Crippen LogP contribution >= 0.6 is 0 Å². The minimum Gasteiger partial charge on any atom is -0.497 e. The first-order valence-corrected chi connectivity index (χ1v) is 19.9. The van der Waals surface area contributed by atoms with Gasteiger partial charge < -0.3 is 38.8 Å². The minimum atomic E-state index is -1.15. The van der Waals surface area contributed by atoms with Crippen LogP contribution in [0.15, 0.2) is 146 Å². The molecule has 2 aromatic heterocycles. The number of hydrogen-bond donors (Lipinski definition) is 3. The van der Waals surface area contributed by atoms with Gasteiger partial charge in [-0.2, -0.15) is 15.1 Å². The maximum absolute atomic E-state index is 13.2. The number of nitrogens with zero attached hydrogens (tertiary/aromatic N) is 4. The number of hydrogen-bond acceptors (Lipinski definition) is 12. The number of anilines is 2. The number of aliphatic hydroxyl groups is 1. The lowest BCUT2D eigenvalue weighted by Crippen LogP contribution is -2.38. The molecule has 316 valence electrons. The first-order chi connectivity index (χ1) is 30.3. The number of aliphatic hydroxyl groups excluding tert-OH is 1. The zero-order chi connectivity index (χ0) is 42.9. The van der Waals surface area contributed by atoms with Gasteiger partial charge in [-0.15, -0.1) is 0 Å². The summed E-state index contributed by atoms with van der Waals surface area (Å²) in [5.41, 5.74) is 1.57. The van der Waals surface area contributed by atoms with E-state index in [1.54, 1.807) is 62.8 Å². The number of benzene rings is 5. The summed E-state index contributed by atoms with van der Waals surface area (Å²) in [5, 5.41) is 21.9. The van der Waals surface area contributed by atoms with E-state index < -0.39 is 35.9 Å². The molecule has 0 bridgehead atoms. The van der Waals surface area contributed by atoms with Gasteiger partial charge in [0.15, 0.2) is 25.1 Å². The van der Waals surface area contributed by atoms with Crippen LogP contribution in [0.25, 0.3) is 11.0 Å². The van der Waals surface area contributed by atoms with Crippen molar-refractivity contribution in [3.63, 3.8) is 0 Å². The van der Waals surface area contributed by atoms with Crippen LogP contribution in [0.2, 0.25) is 0 Å². The van der Waals surface area contributed by atoms with Crippen molar-refractivity contribution in [1.29, 1.82) is 0 Å². The van der Waals surface area contributed by atoms with E-state index in [1.807, 2.05) is 91.0 Å². The molecule has 5 aromatic carbocycles. The zero-order valence-electron chi connectivity index (χ0n) is 33.9. The fourth-order valence-corrected chi connectivity index (χ4v) is 7.24. The van der Waals surface area contributed by atoms with E-state index in [-0.39, 0.29) is 43.7 Å². The summed E-state index contributed by atoms with van der Waals surface area (Å²) in [6, 6.07) is 42.9. The van der Waals surface area contributed by atoms with E-state index in [0.717, 1.165) is 16.7 Å². The summed E-state index contributed by atoms with van der Waals surface area (Å²) in [7, 11) is 3.23. The van der Waals surface area contributed by atoms with Crippen LogP contribution in [0.3, 0.4) is 0 Å². The molecule has 1 aliphatic heterocycles. The third kappa shape index (κ3) is 9.19. The average molecular weight is 837 g/mol. The first kappa shape index (κ1) is 41.4. The number of aromatic nitrogens is 4. The van der Waals surface area contributed by atoms with E-state index in [1.165, 1.54) is 10.9 Å². The summed E-state index contributed by atoms with van der Waals surface area (Å²) in [6.45, 7) is -0.675. The van der Waals surface area contributed by atoms with Crippen molar-refractivity contribution in [3.05, 3.63) is 162 Å². The van der Waals surface area contributed by atoms with E-state index in [4.69, 9.17) is 28.4 Å². The van der Waals surface area contributed by atoms with Crippen LogP contribution in [-0.4, -0.2) is 82.9 Å². The Kier molecular flexibility index (Phi) is 12.6. The Morgan fingerprint density at radius 2 is 1.21 bits per heavy atom. The van der Waals surface area contributed by atoms with Crippen molar-refractivity contribution in [2.24, 2.45) is 0 Å². The lowest BCUT2D eigenvalue weighted by Gasteiger charge is -2.37. The summed E-state index contributed by atoms with van der Waals surface area (Å²) in [4.78, 5) is 35.3. The quantitative estimate of drug-likeness (QED) is 0.0847. The highest BCUT2D eigenvalue weighted by atomic mass is 16.6. The molecule has 0 spiro atoms. The Balaban J connectivity index is 1.07. The molecule has 62 heavy (non-hydrogen) atoms. The highest BCUT2D eigenvalue weighted by molar-refractivity contribution is 6.00. The van der Waals surface area contributed by atoms with Gasteiger partial charge in [0.2, 0.25) is 5.95 Å². The molecule has 1 saturated heterocycles. The van der Waals surface area contributed by atoms with Crippen LogP contribution in [0.4, 0.5) is 11.8 Å². The second kappa shape index (κ2) is 18.9. The smallest absolute Gasteiger partial charge is 0.264 e. The van der Waals surface area contributed by atoms with Gasteiger partial charge >= 0.3 is 0 Å². The van der Waals surface area contributed by atoms with Gasteiger partial charge in [0.25, 0.3) is 11.8 Å². The molecular weight excluding hydrogens is 793 g/mol. The Morgan fingerprint density at radius 3 is 1.76 bits per heavy atom. The van der Waals surface area contributed by atoms with Crippen molar-refractivity contribution in [2.75, 3.05) is 44.7 Å².